The minimum atomic E-state index is -0.107. The zero-order chi connectivity index (χ0) is 13.1. The summed E-state index contributed by atoms with van der Waals surface area (Å²) in [5.74, 6) is -0.107. The monoisotopic (exact) mass is 315 g/mol. The predicted molar refractivity (Wildman–Crippen MR) is 71.5 cm³/mol. The van der Waals surface area contributed by atoms with Gasteiger partial charge in [-0.1, -0.05) is 0 Å². The van der Waals surface area contributed by atoms with Crippen LogP contribution in [-0.4, -0.2) is 34.4 Å². The van der Waals surface area contributed by atoms with Crippen LogP contribution in [0.25, 0.3) is 0 Å². The molecule has 2 heterocycles. The Hall–Kier alpha value is -0.880. The van der Waals surface area contributed by atoms with Crippen LogP contribution in [-0.2, 0) is 11.3 Å². The molecule has 0 saturated carbocycles. The molecule has 6 heteroatoms. The van der Waals surface area contributed by atoms with Crippen LogP contribution < -0.4 is 5.32 Å². The Bertz CT molecular complexity index is 427. The van der Waals surface area contributed by atoms with E-state index in [1.165, 1.54) is 0 Å². The fourth-order valence-corrected chi connectivity index (χ4v) is 2.67. The second kappa shape index (κ2) is 5.84. The van der Waals surface area contributed by atoms with Gasteiger partial charge < -0.3 is 10.1 Å². The van der Waals surface area contributed by atoms with Gasteiger partial charge in [-0.3, -0.25) is 9.48 Å². The van der Waals surface area contributed by atoms with Gasteiger partial charge in [-0.2, -0.15) is 5.10 Å². The van der Waals surface area contributed by atoms with Gasteiger partial charge in [-0.05, 0) is 42.6 Å². The van der Waals surface area contributed by atoms with E-state index in [1.807, 2.05) is 13.8 Å². The summed E-state index contributed by atoms with van der Waals surface area (Å²) >= 11 is 3.36. The molecule has 1 fully saturated rings. The lowest BCUT2D eigenvalue weighted by Crippen LogP contribution is -2.41. The number of halogens is 1. The maximum absolute atomic E-state index is 12.2. The third-order valence-electron chi connectivity index (χ3n) is 3.19. The van der Waals surface area contributed by atoms with Crippen molar-refractivity contribution in [3.63, 3.8) is 0 Å². The van der Waals surface area contributed by atoms with Gasteiger partial charge in [0, 0.05) is 13.2 Å². The third-order valence-corrected chi connectivity index (χ3v) is 3.77. The Morgan fingerprint density at radius 2 is 2.56 bits per heavy atom. The van der Waals surface area contributed by atoms with E-state index in [2.05, 4.69) is 26.3 Å². The van der Waals surface area contributed by atoms with Crippen LogP contribution in [0.5, 0.6) is 0 Å². The molecule has 0 aromatic carbocycles. The number of carbonyl (C=O) groups excluding carboxylic acids is 1. The highest BCUT2D eigenvalue weighted by Crippen LogP contribution is 2.18. The van der Waals surface area contributed by atoms with E-state index >= 15 is 0 Å². The number of aryl methyl sites for hydroxylation is 1. The van der Waals surface area contributed by atoms with E-state index in [0.29, 0.717) is 12.2 Å². The van der Waals surface area contributed by atoms with E-state index in [1.54, 1.807) is 10.9 Å². The molecule has 1 amide bonds. The van der Waals surface area contributed by atoms with Crippen molar-refractivity contribution in [1.82, 2.24) is 15.1 Å². The molecule has 2 atom stereocenters. The fourth-order valence-electron chi connectivity index (χ4n) is 2.19. The second-order valence-corrected chi connectivity index (χ2v) is 5.32. The normalized spacial score (nSPS) is 20.9. The molecule has 1 aromatic rings. The number of aromatic nitrogens is 2. The Morgan fingerprint density at radius 3 is 3.17 bits per heavy atom. The smallest absolute Gasteiger partial charge is 0.271 e. The number of nitrogens with zero attached hydrogens (tertiary/aromatic N) is 2. The molecule has 0 spiro atoms. The first kappa shape index (κ1) is 13.5. The van der Waals surface area contributed by atoms with Crippen LogP contribution in [0, 0.1) is 0 Å². The molecule has 1 aliphatic heterocycles. The van der Waals surface area contributed by atoms with Crippen LogP contribution in [0.1, 0.15) is 37.2 Å². The van der Waals surface area contributed by atoms with E-state index in [-0.39, 0.29) is 18.1 Å². The molecular weight excluding hydrogens is 298 g/mol. The van der Waals surface area contributed by atoms with Gasteiger partial charge in [0.2, 0.25) is 0 Å². The molecule has 100 valence electrons. The van der Waals surface area contributed by atoms with Crippen molar-refractivity contribution in [1.29, 1.82) is 0 Å². The molecule has 0 bridgehead atoms. The van der Waals surface area contributed by atoms with Crippen molar-refractivity contribution in [2.24, 2.45) is 0 Å². The van der Waals surface area contributed by atoms with Crippen LogP contribution in [0.15, 0.2) is 10.7 Å². The van der Waals surface area contributed by atoms with Gasteiger partial charge in [0.15, 0.2) is 0 Å². The van der Waals surface area contributed by atoms with Gasteiger partial charge in [0.05, 0.1) is 22.8 Å². The fraction of sp³-hybridized carbons (Fsp3) is 0.667. The van der Waals surface area contributed by atoms with Crippen molar-refractivity contribution in [3.05, 3.63) is 16.4 Å². The summed E-state index contributed by atoms with van der Waals surface area (Å²) in [6.45, 7) is 5.40. The second-order valence-electron chi connectivity index (χ2n) is 4.47. The van der Waals surface area contributed by atoms with Crippen molar-refractivity contribution in [2.45, 2.75) is 45.4 Å². The molecule has 5 nitrogen and oxygen atoms in total. The SMILES string of the molecule is CCn1ncc(Br)c1C(=O)NC(C)C1CCCO1. The average Bonchev–Trinajstić information content (AvgIpc) is 2.97. The molecule has 1 N–H and O–H groups in total. The van der Waals surface area contributed by atoms with Crippen LogP contribution in [0.2, 0.25) is 0 Å². The summed E-state index contributed by atoms with van der Waals surface area (Å²) in [5, 5.41) is 7.12. The summed E-state index contributed by atoms with van der Waals surface area (Å²) in [5.41, 5.74) is 0.572. The summed E-state index contributed by atoms with van der Waals surface area (Å²) in [7, 11) is 0. The maximum Gasteiger partial charge on any atom is 0.271 e. The zero-order valence-electron chi connectivity index (χ0n) is 10.6. The Balaban J connectivity index is 2.04. The van der Waals surface area contributed by atoms with E-state index in [9.17, 15) is 4.79 Å². The van der Waals surface area contributed by atoms with Gasteiger partial charge in [0.1, 0.15) is 5.69 Å². The molecule has 0 radical (unpaired) electrons. The molecule has 1 saturated heterocycles. The quantitative estimate of drug-likeness (QED) is 0.924. The van der Waals surface area contributed by atoms with Crippen molar-refractivity contribution in [3.8, 4) is 0 Å². The first-order valence-corrected chi connectivity index (χ1v) is 7.06. The molecule has 2 unspecified atom stereocenters. The standard InChI is InChI=1S/C12H18BrN3O2/c1-3-16-11(9(13)7-14-16)12(17)15-8(2)10-5-4-6-18-10/h7-8,10H,3-6H2,1-2H3,(H,15,17). The number of ether oxygens (including phenoxy) is 1. The third kappa shape index (κ3) is 2.75. The number of rotatable bonds is 4. The maximum atomic E-state index is 12.2. The lowest BCUT2D eigenvalue weighted by atomic mass is 10.1. The number of carbonyl (C=O) groups is 1. The summed E-state index contributed by atoms with van der Waals surface area (Å²) in [6, 6.07) is 0.0205. The van der Waals surface area contributed by atoms with Crippen LogP contribution in [0.4, 0.5) is 0 Å². The average molecular weight is 316 g/mol. The molecule has 1 aromatic heterocycles. The van der Waals surface area contributed by atoms with Crippen molar-refractivity contribution < 1.29 is 9.53 Å². The van der Waals surface area contributed by atoms with E-state index in [0.717, 1.165) is 23.9 Å². The molecule has 0 aliphatic carbocycles. The highest BCUT2D eigenvalue weighted by Gasteiger charge is 2.25. The first-order valence-electron chi connectivity index (χ1n) is 6.27. The highest BCUT2D eigenvalue weighted by molar-refractivity contribution is 9.10. The first-order chi connectivity index (χ1) is 8.63. The van der Waals surface area contributed by atoms with Crippen LogP contribution in [0.3, 0.4) is 0 Å². The lowest BCUT2D eigenvalue weighted by molar-refractivity contribution is 0.0706. The van der Waals surface area contributed by atoms with Gasteiger partial charge in [0.25, 0.3) is 5.91 Å². The molecule has 18 heavy (non-hydrogen) atoms. The minimum absolute atomic E-state index is 0.0205. The highest BCUT2D eigenvalue weighted by atomic mass is 79.9. The van der Waals surface area contributed by atoms with Gasteiger partial charge in [-0.25, -0.2) is 0 Å². The summed E-state index contributed by atoms with van der Waals surface area (Å²) < 4.78 is 7.98. The minimum Gasteiger partial charge on any atom is -0.376 e. The van der Waals surface area contributed by atoms with Gasteiger partial charge in [-0.15, -0.1) is 0 Å². The van der Waals surface area contributed by atoms with Crippen LogP contribution >= 0.6 is 15.9 Å². The number of hydrogen-bond acceptors (Lipinski definition) is 3. The Kier molecular flexibility index (Phi) is 4.40. The number of nitrogens with one attached hydrogen (secondary N) is 1. The van der Waals surface area contributed by atoms with E-state index < -0.39 is 0 Å². The topological polar surface area (TPSA) is 56.2 Å². The number of amides is 1. The molecule has 2 rings (SSSR count). The van der Waals surface area contributed by atoms with Gasteiger partial charge >= 0.3 is 0 Å². The summed E-state index contributed by atoms with van der Waals surface area (Å²) in [6.07, 6.45) is 3.86. The molecule has 1 aliphatic rings. The largest absolute Gasteiger partial charge is 0.376 e. The van der Waals surface area contributed by atoms with Crippen molar-refractivity contribution >= 4 is 21.8 Å². The Labute approximate surface area is 115 Å². The lowest BCUT2D eigenvalue weighted by Gasteiger charge is -2.20. The molecular formula is C12H18BrN3O2. The van der Waals surface area contributed by atoms with Crippen molar-refractivity contribution in [2.75, 3.05) is 6.61 Å². The van der Waals surface area contributed by atoms with E-state index in [4.69, 9.17) is 4.74 Å². The zero-order valence-corrected chi connectivity index (χ0v) is 12.2. The summed E-state index contributed by atoms with van der Waals surface area (Å²) in [4.78, 5) is 12.2. The number of hydrogen-bond donors (Lipinski definition) is 1. The Morgan fingerprint density at radius 1 is 1.78 bits per heavy atom. The predicted octanol–water partition coefficient (Wildman–Crippen LogP) is 1.96.